The van der Waals surface area contributed by atoms with Crippen LogP contribution in [0.15, 0.2) is 0 Å². The van der Waals surface area contributed by atoms with E-state index in [1.165, 1.54) is 34.8 Å². The van der Waals surface area contributed by atoms with E-state index in [1.807, 2.05) is 0 Å². The van der Waals surface area contributed by atoms with Gasteiger partial charge in [0.2, 0.25) is 0 Å². The minimum Gasteiger partial charge on any atom is -0.618 e. The fraction of sp³-hybridized carbons (Fsp3) is 0.778. The number of hydroxylamine groups is 1. The highest BCUT2D eigenvalue weighted by molar-refractivity contribution is 6.37. The Morgan fingerprint density at radius 1 is 1.33 bits per heavy atom. The van der Waals surface area contributed by atoms with Gasteiger partial charge < -0.3 is 9.94 Å². The molecule has 0 atom stereocenters. The molecule has 0 aliphatic carbocycles. The molecule has 0 aromatic rings. The molecule has 0 bridgehead atoms. The molecule has 6 nitrogen and oxygen atoms in total. The molecule has 0 amide bonds. The highest BCUT2D eigenvalue weighted by Gasteiger charge is 2.68. The fourth-order valence-corrected chi connectivity index (χ4v) is 1.81. The first kappa shape index (κ1) is 11.6. The van der Waals surface area contributed by atoms with Gasteiger partial charge >= 0.3 is 22.9 Å². The summed E-state index contributed by atoms with van der Waals surface area (Å²) in [6, 6.07) is 0. The molecule has 1 heterocycles. The zero-order valence-electron chi connectivity index (χ0n) is 9.53. The first-order chi connectivity index (χ1) is 6.67. The lowest BCUT2D eigenvalue weighted by Gasteiger charge is -2.09. The fourth-order valence-electron chi connectivity index (χ4n) is 1.81. The summed E-state index contributed by atoms with van der Waals surface area (Å²) in [7, 11) is 1.18. The number of carbonyl (C=O) groups is 1. The average Bonchev–Trinajstić information content (AvgIpc) is 2.25. The molecule has 1 rings (SSSR count). The summed E-state index contributed by atoms with van der Waals surface area (Å²) in [5.74, 6) is -0.763. The lowest BCUT2D eigenvalue weighted by molar-refractivity contribution is -0.796. The summed E-state index contributed by atoms with van der Waals surface area (Å²) < 4.78 is 5.53. The number of methoxy groups -OCH3 is 1. The number of nitrogens with zero attached hydrogens (tertiary/aromatic N) is 2. The van der Waals surface area contributed by atoms with Crippen molar-refractivity contribution in [3.05, 3.63) is 10.1 Å². The largest absolute Gasteiger partial charge is 0.618 e. The second-order valence-electron chi connectivity index (χ2n) is 4.48. The zero-order valence-corrected chi connectivity index (χ0v) is 9.53. The van der Waals surface area contributed by atoms with E-state index in [0.717, 1.165) is 0 Å². The van der Waals surface area contributed by atoms with Gasteiger partial charge in [0.25, 0.3) is 0 Å². The number of hydrogen-bond acceptors (Lipinski definition) is 4. The van der Waals surface area contributed by atoms with Crippen molar-refractivity contribution >= 4 is 11.7 Å². The average molecular weight is 215 g/mol. The van der Waals surface area contributed by atoms with Crippen LogP contribution in [0.25, 0.3) is 0 Å². The van der Waals surface area contributed by atoms with E-state index in [9.17, 15) is 14.9 Å². The lowest BCUT2D eigenvalue weighted by Crippen LogP contribution is -2.46. The van der Waals surface area contributed by atoms with E-state index in [0.29, 0.717) is 9.50 Å². The third kappa shape index (κ3) is 1.32. The van der Waals surface area contributed by atoms with Crippen LogP contribution in [0.2, 0.25) is 0 Å². The molecule has 0 saturated carbocycles. The number of carbonyl (C=O) groups excluding carboxylic acids is 1. The molecule has 0 N–H and O–H groups in total. The maximum atomic E-state index is 11.8. The van der Waals surface area contributed by atoms with Crippen LogP contribution in [-0.2, 0) is 9.53 Å². The van der Waals surface area contributed by atoms with E-state index in [1.54, 1.807) is 0 Å². The Hall–Kier alpha value is -1.46. The van der Waals surface area contributed by atoms with Gasteiger partial charge in [0.05, 0.1) is 25.7 Å². The zero-order chi connectivity index (χ0) is 12.0. The molecule has 6 heteroatoms. The number of rotatable bonds is 1. The van der Waals surface area contributed by atoms with Gasteiger partial charge in [-0.15, -0.1) is 4.74 Å². The molecule has 0 aromatic heterocycles. The molecular weight excluding hydrogens is 200 g/mol. The van der Waals surface area contributed by atoms with E-state index in [4.69, 9.17) is 0 Å². The van der Waals surface area contributed by atoms with Crippen molar-refractivity contribution in [3.8, 4) is 0 Å². The minimum absolute atomic E-state index is 0.162. The smallest absolute Gasteiger partial charge is 0.407 e. The Morgan fingerprint density at radius 3 is 2.07 bits per heavy atom. The third-order valence-electron chi connectivity index (χ3n) is 2.66. The predicted octanol–water partition coefficient (Wildman–Crippen LogP) is 0.418. The van der Waals surface area contributed by atoms with Crippen LogP contribution in [0, 0.1) is 10.1 Å². The Labute approximate surface area is 87.7 Å². The molecule has 0 saturated heterocycles. The van der Waals surface area contributed by atoms with Crippen molar-refractivity contribution in [1.82, 2.24) is 0 Å². The van der Waals surface area contributed by atoms with Gasteiger partial charge in [0.1, 0.15) is 0 Å². The standard InChI is InChI=1S/C9H15N2O4/c1-8(2)6(7(12)15-5)10(13)9(3,4)11(8)14/h1-5H3/q+1. The van der Waals surface area contributed by atoms with Crippen LogP contribution in [0.5, 0.6) is 0 Å². The maximum absolute atomic E-state index is 11.8. The Balaban J connectivity index is 3.40. The number of ether oxygens (including phenoxy) is 1. The monoisotopic (exact) mass is 215 g/mol. The van der Waals surface area contributed by atoms with Gasteiger partial charge in [-0.25, -0.2) is 4.79 Å². The lowest BCUT2D eigenvalue weighted by atomic mass is 9.99. The van der Waals surface area contributed by atoms with Gasteiger partial charge in [-0.05, 0) is 0 Å². The summed E-state index contributed by atoms with van der Waals surface area (Å²) in [4.78, 5) is 23.2. The topological polar surface area (TPSA) is 72.5 Å². The molecule has 15 heavy (non-hydrogen) atoms. The Bertz CT molecular complexity index is 368. The summed E-state index contributed by atoms with van der Waals surface area (Å²) in [5.41, 5.74) is -2.62. The van der Waals surface area contributed by atoms with Gasteiger partial charge in [-0.3, -0.25) is 0 Å². The second-order valence-corrected chi connectivity index (χ2v) is 4.48. The second kappa shape index (κ2) is 3.01. The van der Waals surface area contributed by atoms with Crippen LogP contribution in [-0.4, -0.2) is 39.5 Å². The summed E-state index contributed by atoms with van der Waals surface area (Å²) >= 11 is 0. The molecular formula is C9H15N2O4+. The van der Waals surface area contributed by atoms with Gasteiger partial charge in [0.15, 0.2) is 0 Å². The molecule has 0 unspecified atom stereocenters. The molecule has 0 fully saturated rings. The molecule has 0 spiro atoms. The van der Waals surface area contributed by atoms with Crippen molar-refractivity contribution in [3.63, 3.8) is 0 Å². The van der Waals surface area contributed by atoms with Crippen LogP contribution in [0.1, 0.15) is 27.7 Å². The Kier molecular flexibility index (Phi) is 2.33. The molecule has 0 aromatic carbocycles. The predicted molar refractivity (Wildman–Crippen MR) is 52.4 cm³/mol. The van der Waals surface area contributed by atoms with E-state index in [2.05, 4.69) is 4.74 Å². The van der Waals surface area contributed by atoms with Gasteiger partial charge in [-0.2, -0.15) is 0 Å². The molecule has 1 aliphatic rings. The van der Waals surface area contributed by atoms with E-state index >= 15 is 0 Å². The summed E-state index contributed by atoms with van der Waals surface area (Å²) in [5, 5.41) is 11.8. The number of hydrogen-bond donors (Lipinski definition) is 0. The summed E-state index contributed by atoms with van der Waals surface area (Å²) in [6.45, 7) is 5.97. The normalized spacial score (nSPS) is 23.1. The van der Waals surface area contributed by atoms with Crippen LogP contribution < -0.4 is 0 Å². The first-order valence-corrected chi connectivity index (χ1v) is 4.58. The van der Waals surface area contributed by atoms with Crippen molar-refractivity contribution in [1.29, 1.82) is 0 Å². The SMILES string of the molecule is COC(=O)C1=[N+]([O-])C(C)(C)[N+](=O)C1(C)C. The Morgan fingerprint density at radius 2 is 1.80 bits per heavy atom. The quantitative estimate of drug-likeness (QED) is 0.361. The molecule has 0 radical (unpaired) electrons. The van der Waals surface area contributed by atoms with E-state index in [-0.39, 0.29) is 5.71 Å². The van der Waals surface area contributed by atoms with Gasteiger partial charge in [-0.1, -0.05) is 0 Å². The molecule has 84 valence electrons. The highest BCUT2D eigenvalue weighted by atomic mass is 16.5. The minimum atomic E-state index is -1.28. The number of nitroso groups, excluding NO2 is 1. The van der Waals surface area contributed by atoms with Crippen molar-refractivity contribution in [2.75, 3.05) is 7.11 Å². The maximum Gasteiger partial charge on any atom is 0.407 e. The highest BCUT2D eigenvalue weighted by Crippen LogP contribution is 2.29. The van der Waals surface area contributed by atoms with Gasteiger partial charge in [0, 0.05) is 18.8 Å². The van der Waals surface area contributed by atoms with Crippen molar-refractivity contribution in [2.24, 2.45) is 0 Å². The third-order valence-corrected chi connectivity index (χ3v) is 2.66. The van der Waals surface area contributed by atoms with Crippen LogP contribution in [0.3, 0.4) is 0 Å². The van der Waals surface area contributed by atoms with Crippen LogP contribution in [0.4, 0.5) is 0 Å². The number of esters is 1. The van der Waals surface area contributed by atoms with Crippen molar-refractivity contribution in [2.45, 2.75) is 38.9 Å². The van der Waals surface area contributed by atoms with Crippen LogP contribution >= 0.6 is 0 Å². The molecule has 1 aliphatic heterocycles. The summed E-state index contributed by atoms with van der Waals surface area (Å²) in [6.07, 6.45) is 0. The van der Waals surface area contributed by atoms with Crippen molar-refractivity contribution < 1.29 is 19.0 Å². The van der Waals surface area contributed by atoms with E-state index < -0.39 is 17.2 Å². The first-order valence-electron chi connectivity index (χ1n) is 4.58.